The van der Waals surface area contributed by atoms with Crippen molar-refractivity contribution in [3.05, 3.63) is 114 Å². The van der Waals surface area contributed by atoms with E-state index in [9.17, 15) is 9.59 Å². The average Bonchev–Trinajstić information content (AvgIpc) is 3.46. The fourth-order valence-electron chi connectivity index (χ4n) is 6.10. The van der Waals surface area contributed by atoms with E-state index < -0.39 is 0 Å². The molecule has 1 fully saturated rings. The molecule has 0 aliphatic carbocycles. The van der Waals surface area contributed by atoms with Gasteiger partial charge in [-0.25, -0.2) is 9.48 Å². The van der Waals surface area contributed by atoms with Crippen LogP contribution >= 0.6 is 0 Å². The monoisotopic (exact) mass is 600 g/mol. The van der Waals surface area contributed by atoms with Crippen LogP contribution in [0, 0.1) is 12.8 Å². The van der Waals surface area contributed by atoms with E-state index in [0.29, 0.717) is 17.1 Å². The number of aryl methyl sites for hydroxylation is 1. The van der Waals surface area contributed by atoms with E-state index in [0.717, 1.165) is 59.3 Å². The van der Waals surface area contributed by atoms with Crippen LogP contribution in [0.3, 0.4) is 0 Å². The minimum Gasteiger partial charge on any atom is -0.317 e. The van der Waals surface area contributed by atoms with Crippen LogP contribution in [0.5, 0.6) is 0 Å². The largest absolute Gasteiger partial charge is 0.324 e. The highest BCUT2D eigenvalue weighted by Gasteiger charge is 2.32. The molecule has 3 aromatic carbocycles. The molecule has 1 atom stereocenters. The van der Waals surface area contributed by atoms with E-state index in [1.54, 1.807) is 10.9 Å². The topological polar surface area (TPSA) is 101 Å². The molecule has 1 saturated heterocycles. The Morgan fingerprint density at radius 1 is 0.911 bits per heavy atom. The highest BCUT2D eigenvalue weighted by molar-refractivity contribution is 6.10. The van der Waals surface area contributed by atoms with Crippen molar-refractivity contribution in [2.75, 3.05) is 23.7 Å². The minimum absolute atomic E-state index is 0.0822. The second-order valence-corrected chi connectivity index (χ2v) is 12.9. The summed E-state index contributed by atoms with van der Waals surface area (Å²) in [7, 11) is 0. The normalized spacial score (nSPS) is 14.7. The first-order valence-corrected chi connectivity index (χ1v) is 15.6. The fraction of sp³-hybridized carbons (Fsp3) is 0.297. The Morgan fingerprint density at radius 3 is 2.42 bits per heavy atom. The van der Waals surface area contributed by atoms with E-state index in [1.807, 2.05) is 91.9 Å². The number of carbonyl (C=O) groups excluding carboxylic acids is 2. The van der Waals surface area contributed by atoms with E-state index in [1.165, 1.54) is 0 Å². The van der Waals surface area contributed by atoms with E-state index in [-0.39, 0.29) is 29.1 Å². The van der Waals surface area contributed by atoms with Gasteiger partial charge in [-0.15, -0.1) is 0 Å². The highest BCUT2D eigenvalue weighted by Crippen LogP contribution is 2.36. The average molecular weight is 601 g/mol. The molecule has 3 heterocycles. The van der Waals surface area contributed by atoms with Crippen LogP contribution in [-0.2, 0) is 5.41 Å². The van der Waals surface area contributed by atoms with Gasteiger partial charge in [0.15, 0.2) is 5.78 Å². The molecule has 5 aromatic rings. The first-order valence-electron chi connectivity index (χ1n) is 15.6. The molecule has 1 aliphatic heterocycles. The van der Waals surface area contributed by atoms with Gasteiger partial charge in [-0.3, -0.25) is 15.1 Å². The smallest absolute Gasteiger partial charge is 0.317 e. The molecular weight excluding hydrogens is 560 g/mol. The van der Waals surface area contributed by atoms with Crippen LogP contribution in [0.1, 0.15) is 66.7 Å². The molecule has 45 heavy (non-hydrogen) atoms. The Morgan fingerprint density at radius 2 is 1.67 bits per heavy atom. The Labute approximate surface area is 264 Å². The second kappa shape index (κ2) is 12.7. The third-order valence-corrected chi connectivity index (χ3v) is 8.55. The zero-order chi connectivity index (χ0) is 31.6. The molecule has 0 saturated carbocycles. The lowest BCUT2D eigenvalue weighted by atomic mass is 9.76. The predicted molar refractivity (Wildman–Crippen MR) is 180 cm³/mol. The number of aromatic nitrogens is 3. The van der Waals surface area contributed by atoms with Crippen molar-refractivity contribution in [2.24, 2.45) is 5.92 Å². The van der Waals surface area contributed by atoms with Crippen molar-refractivity contribution < 1.29 is 9.59 Å². The molecule has 0 radical (unpaired) electrons. The summed E-state index contributed by atoms with van der Waals surface area (Å²) in [6.07, 6.45) is 3.51. The number of ketones is 1. The molecule has 0 spiro atoms. The number of benzene rings is 3. The van der Waals surface area contributed by atoms with Crippen molar-refractivity contribution in [3.63, 3.8) is 0 Å². The van der Waals surface area contributed by atoms with Gasteiger partial charge in [-0.1, -0.05) is 68.8 Å². The van der Waals surface area contributed by atoms with Gasteiger partial charge in [0.25, 0.3) is 0 Å². The zero-order valence-corrected chi connectivity index (χ0v) is 26.3. The van der Waals surface area contributed by atoms with Gasteiger partial charge < -0.3 is 10.6 Å². The van der Waals surface area contributed by atoms with Gasteiger partial charge in [0, 0.05) is 34.3 Å². The summed E-state index contributed by atoms with van der Waals surface area (Å²) in [6, 6.07) is 26.9. The summed E-state index contributed by atoms with van der Waals surface area (Å²) < 4.78 is 1.76. The van der Waals surface area contributed by atoms with Crippen LogP contribution in [-0.4, -0.2) is 39.7 Å². The molecular formula is C37H40N6O2. The summed E-state index contributed by atoms with van der Waals surface area (Å²) in [5, 5.41) is 15.1. The number of Topliss-reactive ketones (excluding diaryl/α,β-unsaturated/α-hetero) is 1. The zero-order valence-electron chi connectivity index (χ0n) is 26.3. The summed E-state index contributed by atoms with van der Waals surface area (Å²) >= 11 is 0. The molecule has 230 valence electrons. The predicted octanol–water partition coefficient (Wildman–Crippen LogP) is 7.64. The summed E-state index contributed by atoms with van der Waals surface area (Å²) in [4.78, 5) is 32.2. The number of urea groups is 1. The van der Waals surface area contributed by atoms with Crippen molar-refractivity contribution in [3.8, 4) is 5.69 Å². The summed E-state index contributed by atoms with van der Waals surface area (Å²) in [5.74, 6) is 0.484. The molecule has 1 unspecified atom stereocenters. The highest BCUT2D eigenvalue weighted by atomic mass is 16.2. The molecule has 1 aliphatic rings. The summed E-state index contributed by atoms with van der Waals surface area (Å²) in [6.45, 7) is 10.1. The van der Waals surface area contributed by atoms with Crippen molar-refractivity contribution in [1.82, 2.24) is 20.1 Å². The molecule has 8 nitrogen and oxygen atoms in total. The molecule has 2 amide bonds. The van der Waals surface area contributed by atoms with Crippen LogP contribution in [0.15, 0.2) is 91.1 Å². The summed E-state index contributed by atoms with van der Waals surface area (Å²) in [5.41, 5.74) is 5.67. The second-order valence-electron chi connectivity index (χ2n) is 12.9. The Hall–Kier alpha value is -4.82. The molecule has 8 heteroatoms. The van der Waals surface area contributed by atoms with Gasteiger partial charge in [-0.2, -0.15) is 5.10 Å². The lowest BCUT2D eigenvalue weighted by Gasteiger charge is -2.30. The fourth-order valence-corrected chi connectivity index (χ4v) is 6.10. The number of piperidine rings is 1. The lowest BCUT2D eigenvalue weighted by molar-refractivity contribution is 0.0917. The number of carbonyl (C=O) groups is 2. The third kappa shape index (κ3) is 6.66. The van der Waals surface area contributed by atoms with Gasteiger partial charge in [0.2, 0.25) is 0 Å². The Balaban J connectivity index is 1.28. The lowest BCUT2D eigenvalue weighted by Crippen LogP contribution is -2.33. The number of pyridine rings is 1. The van der Waals surface area contributed by atoms with Crippen molar-refractivity contribution in [1.29, 1.82) is 0 Å². The SMILES string of the molecule is Cc1ccc(-n2nc(C(C)(C)C)cc2NC(=O)Nc2cccc(C(C(=O)c3ccnc4ccccc34)C3CCNCC3)c2)cc1. The molecule has 0 bridgehead atoms. The number of anilines is 2. The number of para-hydroxylation sites is 1. The number of amides is 2. The Bertz CT molecular complexity index is 1830. The maximum absolute atomic E-state index is 14.4. The number of nitrogens with one attached hydrogen (secondary N) is 3. The minimum atomic E-state index is -0.384. The van der Waals surface area contributed by atoms with Crippen molar-refractivity contribution in [2.45, 2.75) is 51.9 Å². The Kier molecular flexibility index (Phi) is 8.50. The number of hydrogen-bond acceptors (Lipinski definition) is 5. The van der Waals surface area contributed by atoms with Crippen LogP contribution in [0.4, 0.5) is 16.3 Å². The van der Waals surface area contributed by atoms with Crippen LogP contribution < -0.4 is 16.0 Å². The van der Waals surface area contributed by atoms with Gasteiger partial charge >= 0.3 is 6.03 Å². The number of fused-ring (bicyclic) bond motifs is 1. The number of rotatable bonds is 7. The first kappa shape index (κ1) is 30.2. The molecule has 3 N–H and O–H groups in total. The standard InChI is InChI=1S/C37H40N6O2/c1-24-12-14-28(15-13-24)43-33(23-32(42-43)37(2,3)4)41-36(45)40-27-9-7-8-26(22-27)34(25-16-19-38-20-17-25)35(44)30-18-21-39-31-11-6-5-10-29(30)31/h5-15,18,21-23,25,34,38H,16-17,19-20H2,1-4H3,(H2,40,41,45). The number of nitrogens with zero attached hydrogens (tertiary/aromatic N) is 3. The van der Waals surface area contributed by atoms with E-state index >= 15 is 0 Å². The quantitative estimate of drug-likeness (QED) is 0.167. The molecule has 6 rings (SSSR count). The van der Waals surface area contributed by atoms with Gasteiger partial charge in [0.05, 0.1) is 22.8 Å². The van der Waals surface area contributed by atoms with E-state index in [4.69, 9.17) is 5.10 Å². The van der Waals surface area contributed by atoms with Crippen molar-refractivity contribution >= 4 is 34.2 Å². The third-order valence-electron chi connectivity index (χ3n) is 8.55. The van der Waals surface area contributed by atoms with E-state index in [2.05, 4.69) is 41.7 Å². The maximum atomic E-state index is 14.4. The van der Waals surface area contributed by atoms with Crippen LogP contribution in [0.2, 0.25) is 0 Å². The molecule has 2 aromatic heterocycles. The maximum Gasteiger partial charge on any atom is 0.324 e. The number of hydrogen-bond donors (Lipinski definition) is 3. The van der Waals surface area contributed by atoms with Crippen LogP contribution in [0.25, 0.3) is 16.6 Å². The first-order chi connectivity index (χ1) is 21.7. The van der Waals surface area contributed by atoms with Gasteiger partial charge in [-0.05, 0) is 80.7 Å². The van der Waals surface area contributed by atoms with Gasteiger partial charge in [0.1, 0.15) is 5.82 Å².